The second-order valence-electron chi connectivity index (χ2n) is 6.82. The minimum absolute atomic E-state index is 0.129. The molecule has 7 nitrogen and oxygen atoms in total. The first-order valence-electron chi connectivity index (χ1n) is 10.2. The van der Waals surface area contributed by atoms with Gasteiger partial charge in [0, 0.05) is 19.3 Å². The minimum atomic E-state index is -0.646. The summed E-state index contributed by atoms with van der Waals surface area (Å²) in [6, 6.07) is 17.9. The first-order valence-corrected chi connectivity index (χ1v) is 10.2. The van der Waals surface area contributed by atoms with Crippen molar-refractivity contribution in [2.45, 2.75) is 26.3 Å². The van der Waals surface area contributed by atoms with Crippen LogP contribution in [-0.2, 0) is 16.1 Å². The summed E-state index contributed by atoms with van der Waals surface area (Å²) in [5.41, 5.74) is 1.33. The van der Waals surface area contributed by atoms with Crippen LogP contribution >= 0.6 is 0 Å². The Kier molecular flexibility index (Phi) is 9.79. The van der Waals surface area contributed by atoms with Gasteiger partial charge in [-0.2, -0.15) is 5.26 Å². The molecule has 31 heavy (non-hydrogen) atoms. The number of nitriles is 1. The monoisotopic (exact) mass is 421 g/mol. The largest absolute Gasteiger partial charge is 0.462 e. The summed E-state index contributed by atoms with van der Waals surface area (Å²) >= 11 is 0. The highest BCUT2D eigenvalue weighted by atomic mass is 16.5. The van der Waals surface area contributed by atoms with Crippen LogP contribution in [0.3, 0.4) is 0 Å². The van der Waals surface area contributed by atoms with E-state index in [-0.39, 0.29) is 30.0 Å². The third kappa shape index (κ3) is 7.61. The standard InChI is InChI=1S/C24H27N3O4/c1-2-3-15-31-24(30)21-11-7-8-12-22(21)26-23(29)20(16-25)18-27(13-14-28)17-19-9-5-4-6-10-19/h4-12,18,28H,2-3,13-15,17H2,1H3,(H,26,29)/b20-18-. The van der Waals surface area contributed by atoms with Crippen molar-refractivity contribution in [2.24, 2.45) is 0 Å². The minimum Gasteiger partial charge on any atom is -0.462 e. The Labute approximate surface area is 182 Å². The molecule has 2 N–H and O–H groups in total. The van der Waals surface area contributed by atoms with Gasteiger partial charge < -0.3 is 20.1 Å². The first-order chi connectivity index (χ1) is 15.1. The highest BCUT2D eigenvalue weighted by molar-refractivity contribution is 6.09. The van der Waals surface area contributed by atoms with Gasteiger partial charge in [-0.05, 0) is 24.1 Å². The number of carbonyl (C=O) groups is 2. The van der Waals surface area contributed by atoms with Crippen LogP contribution < -0.4 is 5.32 Å². The van der Waals surface area contributed by atoms with Gasteiger partial charge in [0.2, 0.25) is 0 Å². The Balaban J connectivity index is 2.16. The lowest BCUT2D eigenvalue weighted by atomic mass is 10.1. The number of hydrogen-bond acceptors (Lipinski definition) is 6. The van der Waals surface area contributed by atoms with E-state index < -0.39 is 11.9 Å². The predicted octanol–water partition coefficient (Wildman–Crippen LogP) is 3.48. The van der Waals surface area contributed by atoms with Crippen molar-refractivity contribution in [1.29, 1.82) is 5.26 Å². The van der Waals surface area contributed by atoms with E-state index in [9.17, 15) is 20.0 Å². The maximum atomic E-state index is 12.7. The number of rotatable bonds is 11. The number of benzene rings is 2. The lowest BCUT2D eigenvalue weighted by Crippen LogP contribution is -2.24. The fourth-order valence-corrected chi connectivity index (χ4v) is 2.80. The molecule has 0 heterocycles. The summed E-state index contributed by atoms with van der Waals surface area (Å²) in [7, 11) is 0. The molecule has 7 heteroatoms. The zero-order chi connectivity index (χ0) is 22.5. The van der Waals surface area contributed by atoms with Crippen LogP contribution in [0.1, 0.15) is 35.7 Å². The van der Waals surface area contributed by atoms with E-state index in [0.29, 0.717) is 13.2 Å². The molecule has 0 bridgehead atoms. The molecular formula is C24H27N3O4. The summed E-state index contributed by atoms with van der Waals surface area (Å²) in [6.07, 6.45) is 3.07. The zero-order valence-electron chi connectivity index (χ0n) is 17.6. The fourth-order valence-electron chi connectivity index (χ4n) is 2.80. The number of unbranched alkanes of at least 4 members (excludes halogenated alkanes) is 1. The fraction of sp³-hybridized carbons (Fsp3) is 0.292. The molecule has 0 saturated carbocycles. The van der Waals surface area contributed by atoms with Crippen LogP contribution in [0, 0.1) is 11.3 Å². The molecule has 0 aromatic heterocycles. The average Bonchev–Trinajstić information content (AvgIpc) is 2.78. The van der Waals surface area contributed by atoms with Gasteiger partial charge in [0.05, 0.1) is 24.5 Å². The van der Waals surface area contributed by atoms with Crippen molar-refractivity contribution >= 4 is 17.6 Å². The van der Waals surface area contributed by atoms with Gasteiger partial charge >= 0.3 is 5.97 Å². The van der Waals surface area contributed by atoms with Crippen LogP contribution in [0.4, 0.5) is 5.69 Å². The molecule has 0 unspecified atom stereocenters. The van der Waals surface area contributed by atoms with E-state index >= 15 is 0 Å². The summed E-state index contributed by atoms with van der Waals surface area (Å²) in [5, 5.41) is 21.5. The molecule has 0 aliphatic carbocycles. The second kappa shape index (κ2) is 12.8. The SMILES string of the molecule is CCCCOC(=O)c1ccccc1NC(=O)/C(C#N)=C\N(CCO)Cc1ccccc1. The van der Waals surface area contributed by atoms with Crippen LogP contribution in [0.2, 0.25) is 0 Å². The summed E-state index contributed by atoms with van der Waals surface area (Å²) in [4.78, 5) is 26.8. The molecule has 0 spiro atoms. The highest BCUT2D eigenvalue weighted by Crippen LogP contribution is 2.18. The highest BCUT2D eigenvalue weighted by Gasteiger charge is 2.17. The van der Waals surface area contributed by atoms with Crippen molar-refractivity contribution in [1.82, 2.24) is 4.90 Å². The third-order valence-electron chi connectivity index (χ3n) is 4.42. The number of nitrogens with zero attached hydrogens (tertiary/aromatic N) is 2. The van der Waals surface area contributed by atoms with Crippen molar-refractivity contribution in [3.05, 3.63) is 77.5 Å². The number of nitrogens with one attached hydrogen (secondary N) is 1. The van der Waals surface area contributed by atoms with E-state index in [1.165, 1.54) is 6.20 Å². The number of carbonyl (C=O) groups excluding carboxylic acids is 2. The molecule has 2 aromatic rings. The van der Waals surface area contributed by atoms with Crippen LogP contribution in [0.15, 0.2) is 66.4 Å². The Morgan fingerprint density at radius 3 is 2.55 bits per heavy atom. The molecule has 0 saturated heterocycles. The van der Waals surface area contributed by atoms with Gasteiger partial charge in [0.1, 0.15) is 11.6 Å². The molecule has 0 aliphatic rings. The van der Waals surface area contributed by atoms with Gasteiger partial charge in [-0.1, -0.05) is 55.8 Å². The Hall–Kier alpha value is -3.63. The average molecular weight is 421 g/mol. The van der Waals surface area contributed by atoms with E-state index in [2.05, 4.69) is 5.32 Å². The lowest BCUT2D eigenvalue weighted by molar-refractivity contribution is -0.112. The summed E-state index contributed by atoms with van der Waals surface area (Å²) < 4.78 is 5.23. The van der Waals surface area contributed by atoms with Crippen molar-refractivity contribution < 1.29 is 19.4 Å². The number of ether oxygens (including phenoxy) is 1. The topological polar surface area (TPSA) is 103 Å². The van der Waals surface area contributed by atoms with Crippen molar-refractivity contribution in [3.8, 4) is 6.07 Å². The third-order valence-corrected chi connectivity index (χ3v) is 4.42. The number of esters is 1. The number of anilines is 1. The number of para-hydroxylation sites is 1. The Bertz CT molecular complexity index is 935. The molecule has 0 radical (unpaired) electrons. The van der Waals surface area contributed by atoms with Gasteiger partial charge in [0.25, 0.3) is 5.91 Å². The lowest BCUT2D eigenvalue weighted by Gasteiger charge is -2.20. The second-order valence-corrected chi connectivity index (χ2v) is 6.82. The maximum Gasteiger partial charge on any atom is 0.340 e. The van der Waals surface area contributed by atoms with Crippen LogP contribution in [-0.4, -0.2) is 41.6 Å². The van der Waals surface area contributed by atoms with Crippen molar-refractivity contribution in [3.63, 3.8) is 0 Å². The maximum absolute atomic E-state index is 12.7. The van der Waals surface area contributed by atoms with Gasteiger partial charge in [-0.3, -0.25) is 4.79 Å². The number of hydrogen-bond donors (Lipinski definition) is 2. The Morgan fingerprint density at radius 1 is 1.16 bits per heavy atom. The molecule has 2 aromatic carbocycles. The molecule has 2 rings (SSSR count). The molecule has 0 fully saturated rings. The first kappa shape index (κ1) is 23.6. The van der Waals surface area contributed by atoms with E-state index in [0.717, 1.165) is 18.4 Å². The summed E-state index contributed by atoms with van der Waals surface area (Å²) in [5.74, 6) is -1.18. The van der Waals surface area contributed by atoms with Crippen molar-refractivity contribution in [2.75, 3.05) is 25.1 Å². The predicted molar refractivity (Wildman–Crippen MR) is 118 cm³/mol. The molecule has 0 aliphatic heterocycles. The number of aliphatic hydroxyl groups excluding tert-OH is 1. The Morgan fingerprint density at radius 2 is 1.87 bits per heavy atom. The van der Waals surface area contributed by atoms with E-state index in [1.54, 1.807) is 29.2 Å². The quantitative estimate of drug-likeness (QED) is 0.249. The molecule has 162 valence electrons. The smallest absolute Gasteiger partial charge is 0.340 e. The van der Waals surface area contributed by atoms with E-state index in [1.807, 2.05) is 43.3 Å². The molecular weight excluding hydrogens is 394 g/mol. The molecule has 1 amide bonds. The van der Waals surface area contributed by atoms with Crippen LogP contribution in [0.25, 0.3) is 0 Å². The number of aliphatic hydroxyl groups is 1. The van der Waals surface area contributed by atoms with Gasteiger partial charge in [-0.25, -0.2) is 4.79 Å². The summed E-state index contributed by atoms with van der Waals surface area (Å²) in [6.45, 7) is 2.86. The molecule has 0 atom stereocenters. The normalized spacial score (nSPS) is 10.8. The van der Waals surface area contributed by atoms with Gasteiger partial charge in [-0.15, -0.1) is 0 Å². The van der Waals surface area contributed by atoms with Crippen LogP contribution in [0.5, 0.6) is 0 Å². The zero-order valence-corrected chi connectivity index (χ0v) is 17.6. The van der Waals surface area contributed by atoms with E-state index in [4.69, 9.17) is 4.74 Å². The van der Waals surface area contributed by atoms with Gasteiger partial charge in [0.15, 0.2) is 0 Å². The number of amides is 1.